The fourth-order valence-electron chi connectivity index (χ4n) is 3.22. The molecule has 0 amide bonds. The Labute approximate surface area is 162 Å². The van der Waals surface area contributed by atoms with Crippen molar-refractivity contribution in [2.45, 2.75) is 11.4 Å². The summed E-state index contributed by atoms with van der Waals surface area (Å²) in [6, 6.07) is 11.1. The van der Waals surface area contributed by atoms with Gasteiger partial charge in [0.05, 0.1) is 47.5 Å². The lowest BCUT2D eigenvalue weighted by molar-refractivity contribution is 0.356. The third kappa shape index (κ3) is 3.17. The molecule has 2 heterocycles. The first-order valence-corrected chi connectivity index (χ1v) is 10.3. The summed E-state index contributed by atoms with van der Waals surface area (Å²) < 4.78 is 24.7. The van der Waals surface area contributed by atoms with E-state index in [1.165, 1.54) is 0 Å². The van der Waals surface area contributed by atoms with Gasteiger partial charge in [0, 0.05) is 22.9 Å². The minimum Gasteiger partial charge on any atom is -0.493 e. The fraction of sp³-hybridized carbons (Fsp3) is 0.150. The summed E-state index contributed by atoms with van der Waals surface area (Å²) in [6.45, 7) is 0.590. The SMILES string of the molecule is C=S(N)(=O)c1ccc(Cn2cnc3cnc4cc(OC)c(OC)cc4c32)cc1. The van der Waals surface area contributed by atoms with E-state index in [2.05, 4.69) is 15.8 Å². The van der Waals surface area contributed by atoms with Gasteiger partial charge in [0.15, 0.2) is 11.5 Å². The van der Waals surface area contributed by atoms with Crippen molar-refractivity contribution < 1.29 is 13.7 Å². The molecule has 0 aliphatic rings. The highest BCUT2D eigenvalue weighted by molar-refractivity contribution is 7.98. The summed E-state index contributed by atoms with van der Waals surface area (Å²) in [7, 11) is 0.492. The lowest BCUT2D eigenvalue weighted by Crippen LogP contribution is -2.11. The van der Waals surface area contributed by atoms with E-state index in [9.17, 15) is 4.21 Å². The maximum atomic E-state index is 11.9. The second-order valence-electron chi connectivity index (χ2n) is 6.46. The maximum Gasteiger partial charge on any atom is 0.162 e. The molecule has 0 aliphatic heterocycles. The molecule has 0 aliphatic carbocycles. The van der Waals surface area contributed by atoms with Crippen LogP contribution in [-0.2, 0) is 16.3 Å². The number of nitrogens with two attached hydrogens (primary N) is 1. The third-order valence-electron chi connectivity index (χ3n) is 4.62. The second kappa shape index (κ2) is 6.81. The molecular formula is C20H20N4O3S. The van der Waals surface area contributed by atoms with Gasteiger partial charge in [0.25, 0.3) is 0 Å². The third-order valence-corrected chi connectivity index (χ3v) is 5.69. The highest BCUT2D eigenvalue weighted by Crippen LogP contribution is 2.34. The van der Waals surface area contributed by atoms with Gasteiger partial charge >= 0.3 is 0 Å². The number of nitrogens with zero attached hydrogens (tertiary/aromatic N) is 3. The summed E-state index contributed by atoms with van der Waals surface area (Å²) in [4.78, 5) is 9.49. The molecule has 0 bridgehead atoms. The minimum absolute atomic E-state index is 0.526. The minimum atomic E-state index is -2.71. The molecule has 4 rings (SSSR count). The summed E-state index contributed by atoms with van der Waals surface area (Å²) >= 11 is 0. The highest BCUT2D eigenvalue weighted by Gasteiger charge is 2.13. The van der Waals surface area contributed by atoms with Crippen LogP contribution in [0.1, 0.15) is 5.56 Å². The van der Waals surface area contributed by atoms with Gasteiger partial charge in [0.2, 0.25) is 0 Å². The molecule has 0 saturated heterocycles. The van der Waals surface area contributed by atoms with Gasteiger partial charge in [-0.2, -0.15) is 0 Å². The normalized spacial score (nSPS) is 13.5. The highest BCUT2D eigenvalue weighted by atomic mass is 32.2. The van der Waals surface area contributed by atoms with E-state index in [-0.39, 0.29) is 0 Å². The van der Waals surface area contributed by atoms with Crippen molar-refractivity contribution in [3.8, 4) is 11.5 Å². The zero-order chi connectivity index (χ0) is 19.9. The van der Waals surface area contributed by atoms with Crippen LogP contribution in [-0.4, -0.2) is 38.8 Å². The number of methoxy groups -OCH3 is 2. The Kier molecular flexibility index (Phi) is 4.44. The Morgan fingerprint density at radius 2 is 1.75 bits per heavy atom. The van der Waals surface area contributed by atoms with Gasteiger partial charge in [-0.15, -0.1) is 0 Å². The summed E-state index contributed by atoms with van der Waals surface area (Å²) in [5, 5.41) is 6.53. The average Bonchev–Trinajstić information content (AvgIpc) is 3.09. The number of pyridine rings is 1. The molecule has 1 atom stereocenters. The van der Waals surface area contributed by atoms with Crippen LogP contribution in [0.4, 0.5) is 0 Å². The van der Waals surface area contributed by atoms with E-state index in [1.54, 1.807) is 38.9 Å². The second-order valence-corrected chi connectivity index (χ2v) is 8.38. The van der Waals surface area contributed by atoms with Crippen LogP contribution >= 0.6 is 0 Å². The van der Waals surface area contributed by atoms with E-state index < -0.39 is 9.71 Å². The quantitative estimate of drug-likeness (QED) is 0.524. The number of ether oxygens (including phenoxy) is 2. The first kappa shape index (κ1) is 18.3. The molecule has 7 nitrogen and oxygen atoms in total. The molecule has 2 aromatic carbocycles. The topological polar surface area (TPSA) is 92.3 Å². The van der Waals surface area contributed by atoms with Crippen LogP contribution in [0.5, 0.6) is 11.5 Å². The van der Waals surface area contributed by atoms with E-state index >= 15 is 0 Å². The number of imidazole rings is 1. The Morgan fingerprint density at radius 1 is 1.07 bits per heavy atom. The van der Waals surface area contributed by atoms with Crippen LogP contribution in [0.15, 0.2) is 53.8 Å². The summed E-state index contributed by atoms with van der Waals surface area (Å²) in [6.07, 6.45) is 3.53. The van der Waals surface area contributed by atoms with Crippen LogP contribution in [0.25, 0.3) is 21.9 Å². The molecule has 0 radical (unpaired) electrons. The molecule has 2 aromatic heterocycles. The largest absolute Gasteiger partial charge is 0.493 e. The smallest absolute Gasteiger partial charge is 0.162 e. The van der Waals surface area contributed by atoms with Crippen LogP contribution in [0.3, 0.4) is 0 Å². The van der Waals surface area contributed by atoms with Crippen LogP contribution < -0.4 is 14.6 Å². The van der Waals surface area contributed by atoms with Gasteiger partial charge in [-0.3, -0.25) is 10.1 Å². The van der Waals surface area contributed by atoms with Gasteiger partial charge in [-0.05, 0) is 29.6 Å². The number of fused-ring (bicyclic) bond motifs is 3. The van der Waals surface area contributed by atoms with Crippen molar-refractivity contribution in [3.63, 3.8) is 0 Å². The van der Waals surface area contributed by atoms with E-state index in [1.807, 2.05) is 28.8 Å². The zero-order valence-corrected chi connectivity index (χ0v) is 16.4. The van der Waals surface area contributed by atoms with Gasteiger partial charge < -0.3 is 14.0 Å². The molecule has 0 spiro atoms. The zero-order valence-electron chi connectivity index (χ0n) is 15.6. The van der Waals surface area contributed by atoms with E-state index in [0.717, 1.165) is 27.5 Å². The molecule has 2 N–H and O–H groups in total. The standard InChI is InChI=1S/C20H20N4O3S/c1-26-18-8-15-16(9-19(18)27-2)22-10-17-20(15)24(12-23-17)11-13-4-6-14(7-5-13)28(3,21)25/h4-10,12H,3,11H2,1-2H3,(H2,21,25). The molecule has 0 fully saturated rings. The Hall–Kier alpha value is -3.10. The predicted molar refractivity (Wildman–Crippen MR) is 111 cm³/mol. The van der Waals surface area contributed by atoms with Crippen molar-refractivity contribution in [3.05, 3.63) is 54.5 Å². The predicted octanol–water partition coefficient (Wildman–Crippen LogP) is 2.60. The maximum absolute atomic E-state index is 11.9. The Balaban J connectivity index is 1.82. The number of rotatable bonds is 5. The molecule has 144 valence electrons. The van der Waals surface area contributed by atoms with E-state index in [4.69, 9.17) is 14.6 Å². The van der Waals surface area contributed by atoms with Crippen molar-refractivity contribution in [1.29, 1.82) is 0 Å². The number of aromatic nitrogens is 3. The van der Waals surface area contributed by atoms with Gasteiger partial charge in [0.1, 0.15) is 5.52 Å². The first-order valence-electron chi connectivity index (χ1n) is 8.50. The molecule has 1 unspecified atom stereocenters. The van der Waals surface area contributed by atoms with Gasteiger partial charge in [-0.1, -0.05) is 12.1 Å². The lowest BCUT2D eigenvalue weighted by atomic mass is 10.1. The van der Waals surface area contributed by atoms with Crippen molar-refractivity contribution in [2.24, 2.45) is 5.14 Å². The Morgan fingerprint density at radius 3 is 2.39 bits per heavy atom. The average molecular weight is 396 g/mol. The monoisotopic (exact) mass is 396 g/mol. The first-order chi connectivity index (χ1) is 13.4. The summed E-state index contributed by atoms with van der Waals surface area (Å²) in [5.74, 6) is 4.77. The van der Waals surface area contributed by atoms with Crippen LogP contribution in [0, 0.1) is 0 Å². The molecule has 4 aromatic rings. The molecular weight excluding hydrogens is 376 g/mol. The molecule has 0 saturated carbocycles. The van der Waals surface area contributed by atoms with Crippen molar-refractivity contribution in [2.75, 3.05) is 14.2 Å². The van der Waals surface area contributed by atoms with Crippen molar-refractivity contribution >= 4 is 37.5 Å². The number of benzene rings is 2. The Bertz CT molecular complexity index is 1280. The molecule has 28 heavy (non-hydrogen) atoms. The van der Waals surface area contributed by atoms with Gasteiger partial charge in [-0.25, -0.2) is 9.19 Å². The van der Waals surface area contributed by atoms with E-state index in [0.29, 0.717) is 22.9 Å². The summed E-state index contributed by atoms with van der Waals surface area (Å²) in [5.41, 5.74) is 3.56. The number of hydrogen-bond acceptors (Lipinski definition) is 5. The lowest BCUT2D eigenvalue weighted by Gasteiger charge is -2.11. The van der Waals surface area contributed by atoms with Crippen LogP contribution in [0.2, 0.25) is 0 Å². The molecule has 8 heteroatoms. The number of hydrogen-bond donors (Lipinski definition) is 1. The van der Waals surface area contributed by atoms with Crippen molar-refractivity contribution in [1.82, 2.24) is 14.5 Å². The fourth-order valence-corrected chi connectivity index (χ4v) is 3.82.